The van der Waals surface area contributed by atoms with Crippen molar-refractivity contribution in [3.63, 3.8) is 0 Å². The Morgan fingerprint density at radius 3 is 2.34 bits per heavy atom. The van der Waals surface area contributed by atoms with E-state index in [4.69, 9.17) is 16.3 Å². The number of amides is 2. The van der Waals surface area contributed by atoms with Crippen LogP contribution < -0.4 is 20.7 Å². The molecule has 3 aromatic rings. The third-order valence-corrected chi connectivity index (χ3v) is 7.30. The molecule has 1 atom stereocenters. The summed E-state index contributed by atoms with van der Waals surface area (Å²) < 4.78 is 5.18. The van der Waals surface area contributed by atoms with Crippen LogP contribution in [0.5, 0.6) is 5.75 Å². The van der Waals surface area contributed by atoms with E-state index in [-0.39, 0.29) is 11.8 Å². The summed E-state index contributed by atoms with van der Waals surface area (Å²) >= 11 is 6.12. The Morgan fingerprint density at radius 2 is 1.66 bits per heavy atom. The van der Waals surface area contributed by atoms with Gasteiger partial charge in [0.15, 0.2) is 0 Å². The fraction of sp³-hybridized carbons (Fsp3) is 0.355. The van der Waals surface area contributed by atoms with Crippen LogP contribution in [0.4, 0.5) is 5.69 Å². The maximum atomic E-state index is 13.2. The Kier molecular flexibility index (Phi) is 10.0. The molecule has 3 aromatic carbocycles. The molecule has 0 saturated heterocycles. The zero-order valence-electron chi connectivity index (χ0n) is 21.8. The first-order chi connectivity index (χ1) is 18.5. The maximum absolute atomic E-state index is 13.2. The van der Waals surface area contributed by atoms with Gasteiger partial charge < -0.3 is 20.7 Å². The first-order valence-corrected chi connectivity index (χ1v) is 13.7. The van der Waals surface area contributed by atoms with Crippen LogP contribution >= 0.6 is 11.6 Å². The average Bonchev–Trinajstić information content (AvgIpc) is 2.96. The normalized spacial score (nSPS) is 14.4. The molecule has 0 heterocycles. The van der Waals surface area contributed by atoms with E-state index in [1.807, 2.05) is 60.7 Å². The molecule has 1 aliphatic rings. The highest BCUT2D eigenvalue weighted by molar-refractivity contribution is 6.30. The van der Waals surface area contributed by atoms with E-state index in [0.717, 1.165) is 35.4 Å². The van der Waals surface area contributed by atoms with Crippen molar-refractivity contribution >= 4 is 29.1 Å². The van der Waals surface area contributed by atoms with Crippen LogP contribution in [0.3, 0.4) is 0 Å². The number of hydrogen-bond donors (Lipinski definition) is 3. The number of ether oxygens (including phenoxy) is 1. The Bertz CT molecular complexity index is 1190. The summed E-state index contributed by atoms with van der Waals surface area (Å²) in [6.07, 6.45) is 6.48. The zero-order valence-corrected chi connectivity index (χ0v) is 22.6. The molecule has 0 aromatic heterocycles. The lowest BCUT2D eigenvalue weighted by Crippen LogP contribution is -2.48. The summed E-state index contributed by atoms with van der Waals surface area (Å²) in [5.41, 5.74) is 3.44. The van der Waals surface area contributed by atoms with E-state index < -0.39 is 6.04 Å². The molecule has 0 bridgehead atoms. The maximum Gasteiger partial charge on any atom is 0.251 e. The lowest BCUT2D eigenvalue weighted by molar-refractivity contribution is -0.123. The fourth-order valence-electron chi connectivity index (χ4n) is 4.94. The van der Waals surface area contributed by atoms with Crippen LogP contribution in [0.2, 0.25) is 5.02 Å². The van der Waals surface area contributed by atoms with Crippen molar-refractivity contribution in [3.05, 3.63) is 83.4 Å². The van der Waals surface area contributed by atoms with Crippen LogP contribution in [-0.2, 0) is 4.79 Å². The van der Waals surface area contributed by atoms with Gasteiger partial charge >= 0.3 is 0 Å². The molecule has 1 saturated carbocycles. The first kappa shape index (κ1) is 27.5. The number of carbonyl (C=O) groups is 2. The smallest absolute Gasteiger partial charge is 0.251 e. The third-order valence-electron chi connectivity index (χ3n) is 7.06. The van der Waals surface area contributed by atoms with Gasteiger partial charge in [0, 0.05) is 29.4 Å². The molecule has 0 aliphatic heterocycles. The van der Waals surface area contributed by atoms with Gasteiger partial charge in [-0.2, -0.15) is 0 Å². The number of methoxy groups -OCH3 is 1. The summed E-state index contributed by atoms with van der Waals surface area (Å²) in [5, 5.41) is 9.98. The van der Waals surface area contributed by atoms with E-state index >= 15 is 0 Å². The number of rotatable bonds is 11. The Hall–Kier alpha value is -3.51. The van der Waals surface area contributed by atoms with Gasteiger partial charge in [0.05, 0.1) is 7.11 Å². The number of anilines is 1. The largest absolute Gasteiger partial charge is 0.497 e. The molecule has 6 nitrogen and oxygen atoms in total. The van der Waals surface area contributed by atoms with Crippen molar-refractivity contribution in [2.75, 3.05) is 25.5 Å². The Balaban J connectivity index is 1.35. The SMILES string of the molecule is COc1ccc(NCCNC(=O)[C@H](CC2CCCCC2)NC(=O)c2ccc(-c3cccc(Cl)c3)cc2)cc1. The van der Waals surface area contributed by atoms with Gasteiger partial charge in [-0.25, -0.2) is 0 Å². The number of nitrogens with one attached hydrogen (secondary N) is 3. The van der Waals surface area contributed by atoms with Crippen LogP contribution in [-0.4, -0.2) is 38.1 Å². The fourth-order valence-corrected chi connectivity index (χ4v) is 5.13. The molecule has 38 heavy (non-hydrogen) atoms. The highest BCUT2D eigenvalue weighted by atomic mass is 35.5. The van der Waals surface area contributed by atoms with E-state index in [1.54, 1.807) is 19.2 Å². The Morgan fingerprint density at radius 1 is 0.921 bits per heavy atom. The van der Waals surface area contributed by atoms with Crippen molar-refractivity contribution in [3.8, 4) is 16.9 Å². The van der Waals surface area contributed by atoms with Gasteiger partial charge in [-0.1, -0.05) is 68.0 Å². The van der Waals surface area contributed by atoms with Crippen molar-refractivity contribution in [2.45, 2.75) is 44.6 Å². The molecular weight excluding hydrogens is 498 g/mol. The first-order valence-electron chi connectivity index (χ1n) is 13.3. The van der Waals surface area contributed by atoms with Crippen molar-refractivity contribution in [2.24, 2.45) is 5.92 Å². The molecule has 2 amide bonds. The topological polar surface area (TPSA) is 79.5 Å². The van der Waals surface area contributed by atoms with Crippen molar-refractivity contribution < 1.29 is 14.3 Å². The van der Waals surface area contributed by atoms with Crippen molar-refractivity contribution in [1.29, 1.82) is 0 Å². The number of halogens is 1. The molecule has 1 fully saturated rings. The predicted octanol–water partition coefficient (Wildman–Crippen LogP) is 6.31. The molecule has 0 spiro atoms. The molecule has 0 unspecified atom stereocenters. The molecule has 4 rings (SSSR count). The minimum absolute atomic E-state index is 0.143. The summed E-state index contributed by atoms with van der Waals surface area (Å²) in [5.74, 6) is 0.859. The predicted molar refractivity (Wildman–Crippen MR) is 154 cm³/mol. The van der Waals surface area contributed by atoms with Crippen molar-refractivity contribution in [1.82, 2.24) is 10.6 Å². The minimum atomic E-state index is -0.570. The molecule has 200 valence electrons. The third kappa shape index (κ3) is 7.99. The summed E-state index contributed by atoms with van der Waals surface area (Å²) in [6.45, 7) is 1.03. The van der Waals surface area contributed by atoms with Crippen LogP contribution in [0.25, 0.3) is 11.1 Å². The molecule has 1 aliphatic carbocycles. The summed E-state index contributed by atoms with van der Waals surface area (Å²) in [6, 6.07) is 22.1. The van der Waals surface area contributed by atoms with E-state index in [2.05, 4.69) is 16.0 Å². The van der Waals surface area contributed by atoms with E-state index in [1.165, 1.54) is 19.3 Å². The van der Waals surface area contributed by atoms with Gasteiger partial charge in [0.1, 0.15) is 11.8 Å². The van der Waals surface area contributed by atoms with Gasteiger partial charge in [-0.05, 0) is 72.0 Å². The van der Waals surface area contributed by atoms with Gasteiger partial charge in [0.25, 0.3) is 5.91 Å². The van der Waals surface area contributed by atoms with Crippen LogP contribution in [0, 0.1) is 5.92 Å². The highest BCUT2D eigenvalue weighted by Gasteiger charge is 2.26. The van der Waals surface area contributed by atoms with E-state index in [0.29, 0.717) is 36.0 Å². The zero-order chi connectivity index (χ0) is 26.7. The van der Waals surface area contributed by atoms with Gasteiger partial charge in [0.2, 0.25) is 5.91 Å². The standard InChI is InChI=1S/C31H36ClN3O3/c1-38-28-16-14-27(15-17-28)33-18-19-34-31(37)29(20-22-6-3-2-4-7-22)35-30(36)24-12-10-23(11-13-24)25-8-5-9-26(32)21-25/h5,8-17,21-22,29,33H,2-4,6-7,18-20H2,1H3,(H,34,37)(H,35,36)/t29-/m0/s1. The Labute approximate surface area is 230 Å². The highest BCUT2D eigenvalue weighted by Crippen LogP contribution is 2.28. The molecular formula is C31H36ClN3O3. The average molecular weight is 534 g/mol. The lowest BCUT2D eigenvalue weighted by atomic mass is 9.84. The quantitative estimate of drug-likeness (QED) is 0.252. The number of hydrogen-bond acceptors (Lipinski definition) is 4. The second-order valence-electron chi connectivity index (χ2n) is 9.80. The van der Waals surface area contributed by atoms with E-state index in [9.17, 15) is 9.59 Å². The van der Waals surface area contributed by atoms with Gasteiger partial charge in [-0.3, -0.25) is 9.59 Å². The molecule has 3 N–H and O–H groups in total. The second kappa shape index (κ2) is 13.9. The lowest BCUT2D eigenvalue weighted by Gasteiger charge is -2.26. The second-order valence-corrected chi connectivity index (χ2v) is 10.2. The van der Waals surface area contributed by atoms with Crippen LogP contribution in [0.1, 0.15) is 48.9 Å². The number of carbonyl (C=O) groups excluding carboxylic acids is 2. The molecule has 7 heteroatoms. The monoisotopic (exact) mass is 533 g/mol. The minimum Gasteiger partial charge on any atom is -0.497 e. The summed E-state index contributed by atoms with van der Waals surface area (Å²) in [4.78, 5) is 26.3. The van der Waals surface area contributed by atoms with Crippen LogP contribution in [0.15, 0.2) is 72.8 Å². The summed E-state index contributed by atoms with van der Waals surface area (Å²) in [7, 11) is 1.64. The van der Waals surface area contributed by atoms with Gasteiger partial charge in [-0.15, -0.1) is 0 Å². The molecule has 0 radical (unpaired) electrons. The number of benzene rings is 3.